The van der Waals surface area contributed by atoms with Crippen molar-refractivity contribution in [2.75, 3.05) is 51.3 Å². The van der Waals surface area contributed by atoms with Crippen molar-refractivity contribution in [3.63, 3.8) is 0 Å². The van der Waals surface area contributed by atoms with Crippen LogP contribution in [0.3, 0.4) is 0 Å². The van der Waals surface area contributed by atoms with Crippen LogP contribution in [-0.2, 0) is 17.8 Å². The van der Waals surface area contributed by atoms with Gasteiger partial charge in [-0.15, -0.1) is 0 Å². The minimum atomic E-state index is -0.419. The quantitative estimate of drug-likeness (QED) is 0.330. The van der Waals surface area contributed by atoms with Crippen molar-refractivity contribution in [1.29, 1.82) is 0 Å². The number of rotatable bonds is 9. The number of carbonyl (C=O) groups is 2. The predicted molar refractivity (Wildman–Crippen MR) is 167 cm³/mol. The van der Waals surface area contributed by atoms with Crippen LogP contribution in [0.5, 0.6) is 23.0 Å². The number of aliphatic hydroxyl groups is 1. The molecule has 234 valence electrons. The second-order valence-electron chi connectivity index (χ2n) is 11.4. The van der Waals surface area contributed by atoms with E-state index in [9.17, 15) is 14.7 Å². The summed E-state index contributed by atoms with van der Waals surface area (Å²) >= 11 is 0. The van der Waals surface area contributed by atoms with E-state index >= 15 is 0 Å². The first-order valence-electron chi connectivity index (χ1n) is 14.7. The number of amides is 3. The highest BCUT2D eigenvalue weighted by molar-refractivity contribution is 6.00. The standard InChI is InChI=1S/C33H40N4O7/c1-21-16-37(22(2)19-38)32(39)15-24-14-26(35-33(40)34-25-6-9-27(41-4)10-7-25)8-12-28(24)44-31(21)18-36(3)17-23-5-11-29-30(13-23)43-20-42-29/h5-14,21-22,31,38H,15-20H2,1-4H3,(H2,34,35,40)/t21-,22+,31-/m1/s1. The van der Waals surface area contributed by atoms with Crippen molar-refractivity contribution < 1.29 is 33.6 Å². The average Bonchev–Trinajstić information content (AvgIpc) is 3.49. The van der Waals surface area contributed by atoms with Gasteiger partial charge in [0.25, 0.3) is 0 Å². The maximum absolute atomic E-state index is 13.5. The number of benzene rings is 3. The number of aliphatic hydroxyl groups excluding tert-OH is 1. The lowest BCUT2D eigenvalue weighted by atomic mass is 10.0. The maximum atomic E-state index is 13.5. The van der Waals surface area contributed by atoms with Crippen LogP contribution in [0, 0.1) is 5.92 Å². The molecule has 0 radical (unpaired) electrons. The van der Waals surface area contributed by atoms with E-state index in [1.807, 2.05) is 32.2 Å². The molecule has 5 rings (SSSR count). The fraction of sp³-hybridized carbons (Fsp3) is 0.394. The molecular weight excluding hydrogens is 564 g/mol. The number of carbonyl (C=O) groups excluding carboxylic acids is 2. The van der Waals surface area contributed by atoms with Crippen LogP contribution in [-0.4, -0.2) is 79.6 Å². The number of urea groups is 1. The molecule has 2 heterocycles. The first-order chi connectivity index (χ1) is 21.2. The zero-order valence-corrected chi connectivity index (χ0v) is 25.5. The molecule has 3 aromatic rings. The minimum Gasteiger partial charge on any atom is -0.497 e. The summed E-state index contributed by atoms with van der Waals surface area (Å²) in [7, 11) is 3.61. The molecule has 0 saturated heterocycles. The summed E-state index contributed by atoms with van der Waals surface area (Å²) in [5.74, 6) is 2.62. The van der Waals surface area contributed by atoms with Gasteiger partial charge in [-0.3, -0.25) is 9.69 Å². The van der Waals surface area contributed by atoms with E-state index in [0.29, 0.717) is 48.1 Å². The largest absolute Gasteiger partial charge is 0.497 e. The van der Waals surface area contributed by atoms with Crippen LogP contribution in [0.15, 0.2) is 60.7 Å². The first-order valence-corrected chi connectivity index (χ1v) is 14.7. The number of methoxy groups -OCH3 is 1. The molecule has 0 saturated carbocycles. The molecule has 3 atom stereocenters. The van der Waals surface area contributed by atoms with E-state index < -0.39 is 6.03 Å². The first kappa shape index (κ1) is 31.0. The van der Waals surface area contributed by atoms with Gasteiger partial charge in [0.2, 0.25) is 12.7 Å². The topological polar surface area (TPSA) is 122 Å². The normalized spacial score (nSPS) is 18.4. The third kappa shape index (κ3) is 7.53. The van der Waals surface area contributed by atoms with E-state index in [1.165, 1.54) is 0 Å². The number of nitrogens with one attached hydrogen (secondary N) is 2. The van der Waals surface area contributed by atoms with Crippen LogP contribution < -0.4 is 29.6 Å². The predicted octanol–water partition coefficient (Wildman–Crippen LogP) is 4.35. The van der Waals surface area contributed by atoms with Crippen molar-refractivity contribution in [3.05, 3.63) is 71.8 Å². The number of ether oxygens (including phenoxy) is 4. The third-order valence-corrected chi connectivity index (χ3v) is 7.90. The Hall–Kier alpha value is -4.48. The summed E-state index contributed by atoms with van der Waals surface area (Å²) < 4.78 is 22.8. The number of anilines is 2. The molecule has 3 N–H and O–H groups in total. The number of hydrogen-bond acceptors (Lipinski definition) is 8. The molecule has 0 aromatic heterocycles. The van der Waals surface area contributed by atoms with Crippen LogP contribution in [0.4, 0.5) is 16.2 Å². The van der Waals surface area contributed by atoms with Crippen LogP contribution in [0.25, 0.3) is 0 Å². The van der Waals surface area contributed by atoms with E-state index in [-0.39, 0.29) is 43.8 Å². The lowest BCUT2D eigenvalue weighted by Crippen LogP contribution is -2.47. The molecule has 0 aliphatic carbocycles. The van der Waals surface area contributed by atoms with Gasteiger partial charge in [0.05, 0.1) is 26.2 Å². The van der Waals surface area contributed by atoms with Gasteiger partial charge in [-0.05, 0) is 74.1 Å². The molecule has 3 amide bonds. The summed E-state index contributed by atoms with van der Waals surface area (Å²) in [4.78, 5) is 30.2. The molecule has 0 bridgehead atoms. The molecule has 0 unspecified atom stereocenters. The Morgan fingerprint density at radius 2 is 1.75 bits per heavy atom. The number of nitrogens with zero attached hydrogens (tertiary/aromatic N) is 2. The Bertz CT molecular complexity index is 1460. The molecule has 3 aromatic carbocycles. The highest BCUT2D eigenvalue weighted by atomic mass is 16.7. The van der Waals surface area contributed by atoms with Gasteiger partial charge in [-0.25, -0.2) is 4.79 Å². The summed E-state index contributed by atoms with van der Waals surface area (Å²) in [5, 5.41) is 15.6. The second-order valence-corrected chi connectivity index (χ2v) is 11.4. The van der Waals surface area contributed by atoms with E-state index in [0.717, 1.165) is 17.1 Å². The maximum Gasteiger partial charge on any atom is 0.323 e. The summed E-state index contributed by atoms with van der Waals surface area (Å²) in [6, 6.07) is 17.5. The number of likely N-dealkylation sites (N-methyl/N-ethyl adjacent to an activating group) is 1. The highest BCUT2D eigenvalue weighted by Crippen LogP contribution is 2.33. The molecule has 2 aliphatic rings. The van der Waals surface area contributed by atoms with Crippen molar-refractivity contribution in [3.8, 4) is 23.0 Å². The Morgan fingerprint density at radius 3 is 2.50 bits per heavy atom. The van der Waals surface area contributed by atoms with Gasteiger partial charge in [0, 0.05) is 42.5 Å². The SMILES string of the molecule is COc1ccc(NC(=O)Nc2ccc3c(c2)CC(=O)N([C@@H](C)CO)C[C@@H](C)[C@@H](CN(C)Cc2ccc4c(c2)OCO4)O3)cc1. The lowest BCUT2D eigenvalue weighted by molar-refractivity contribution is -0.134. The van der Waals surface area contributed by atoms with Crippen molar-refractivity contribution in [2.24, 2.45) is 5.92 Å². The second kappa shape index (κ2) is 13.9. The van der Waals surface area contributed by atoms with Gasteiger partial charge in [0.1, 0.15) is 17.6 Å². The van der Waals surface area contributed by atoms with Gasteiger partial charge in [-0.2, -0.15) is 0 Å². The smallest absolute Gasteiger partial charge is 0.323 e. The lowest BCUT2D eigenvalue weighted by Gasteiger charge is -2.34. The van der Waals surface area contributed by atoms with Crippen molar-refractivity contribution in [1.82, 2.24) is 9.80 Å². The van der Waals surface area contributed by atoms with Crippen LogP contribution in [0.1, 0.15) is 25.0 Å². The molecule has 11 heteroatoms. The molecular formula is C33H40N4O7. The monoisotopic (exact) mass is 604 g/mol. The average molecular weight is 605 g/mol. The Labute approximate surface area is 257 Å². The molecule has 11 nitrogen and oxygen atoms in total. The van der Waals surface area contributed by atoms with Crippen molar-refractivity contribution in [2.45, 2.75) is 39.0 Å². The molecule has 2 aliphatic heterocycles. The van der Waals surface area contributed by atoms with E-state index in [1.54, 1.807) is 54.5 Å². The Kier molecular flexibility index (Phi) is 9.76. The van der Waals surface area contributed by atoms with E-state index in [2.05, 4.69) is 22.5 Å². The van der Waals surface area contributed by atoms with Gasteiger partial charge in [-0.1, -0.05) is 13.0 Å². The van der Waals surface area contributed by atoms with Crippen LogP contribution >= 0.6 is 0 Å². The molecule has 0 spiro atoms. The zero-order valence-electron chi connectivity index (χ0n) is 25.5. The van der Waals surface area contributed by atoms with Gasteiger partial charge >= 0.3 is 6.03 Å². The third-order valence-electron chi connectivity index (χ3n) is 7.90. The fourth-order valence-corrected chi connectivity index (χ4v) is 5.42. The number of hydrogen-bond donors (Lipinski definition) is 3. The summed E-state index contributed by atoms with van der Waals surface area (Å²) in [6.07, 6.45) is -0.189. The van der Waals surface area contributed by atoms with Crippen molar-refractivity contribution >= 4 is 23.3 Å². The highest BCUT2D eigenvalue weighted by Gasteiger charge is 2.31. The molecule has 44 heavy (non-hydrogen) atoms. The minimum absolute atomic E-state index is 0.0359. The molecule has 0 fully saturated rings. The fourth-order valence-electron chi connectivity index (χ4n) is 5.42. The van der Waals surface area contributed by atoms with E-state index in [4.69, 9.17) is 18.9 Å². The van der Waals surface area contributed by atoms with Gasteiger partial charge < -0.3 is 39.6 Å². The zero-order chi connectivity index (χ0) is 31.2. The number of fused-ring (bicyclic) bond motifs is 2. The summed E-state index contributed by atoms with van der Waals surface area (Å²) in [6.45, 7) is 5.68. The Morgan fingerprint density at radius 1 is 1.05 bits per heavy atom. The van der Waals surface area contributed by atoms with Crippen LogP contribution in [0.2, 0.25) is 0 Å². The summed E-state index contributed by atoms with van der Waals surface area (Å²) in [5.41, 5.74) is 2.88. The Balaban J connectivity index is 1.33. The van der Waals surface area contributed by atoms with Gasteiger partial charge in [0.15, 0.2) is 11.5 Å².